The van der Waals surface area contributed by atoms with E-state index in [1.165, 1.54) is 16.7 Å². The average Bonchev–Trinajstić information content (AvgIpc) is 2.84. The number of phenolic OH excluding ortho intramolecular Hbond substituents is 3. The quantitative estimate of drug-likeness (QED) is 0.264. The highest BCUT2D eigenvalue weighted by Gasteiger charge is 2.32. The van der Waals surface area contributed by atoms with Crippen molar-refractivity contribution in [1.82, 2.24) is 0 Å². The number of hydrogen-bond donors (Lipinski definition) is 3. The van der Waals surface area contributed by atoms with Crippen molar-refractivity contribution in [3.63, 3.8) is 0 Å². The fourth-order valence-corrected chi connectivity index (χ4v) is 4.84. The van der Waals surface area contributed by atoms with E-state index in [9.17, 15) is 15.3 Å². The van der Waals surface area contributed by atoms with E-state index in [0.717, 1.165) is 16.7 Å². The van der Waals surface area contributed by atoms with Gasteiger partial charge < -0.3 is 15.3 Å². The molecule has 4 rings (SSSR count). The van der Waals surface area contributed by atoms with Crippen LogP contribution in [-0.2, 0) is 16.2 Å². The third-order valence-corrected chi connectivity index (χ3v) is 7.87. The molecule has 0 unspecified atom stereocenters. The van der Waals surface area contributed by atoms with Gasteiger partial charge >= 0.3 is 0 Å². The van der Waals surface area contributed by atoms with Crippen LogP contribution in [0.5, 0.6) is 17.2 Å². The predicted molar refractivity (Wildman–Crippen MR) is 147 cm³/mol. The van der Waals surface area contributed by atoms with Crippen LogP contribution in [0, 0.1) is 0 Å². The summed E-state index contributed by atoms with van der Waals surface area (Å²) in [5.74, 6) is 0.766. The number of aromatic hydroxyl groups is 3. The lowest BCUT2D eigenvalue weighted by Crippen LogP contribution is -2.26. The summed E-state index contributed by atoms with van der Waals surface area (Å²) in [5.41, 5.74) is 5.96. The van der Waals surface area contributed by atoms with E-state index in [0.29, 0.717) is 0 Å². The van der Waals surface area contributed by atoms with Crippen LogP contribution in [0.3, 0.4) is 0 Å². The van der Waals surface area contributed by atoms with Crippen LogP contribution in [-0.4, -0.2) is 15.3 Å². The van der Waals surface area contributed by atoms with Gasteiger partial charge in [-0.1, -0.05) is 96.1 Å². The summed E-state index contributed by atoms with van der Waals surface area (Å²) in [6.07, 6.45) is 0. The van der Waals surface area contributed by atoms with E-state index in [2.05, 4.69) is 59.7 Å². The Balaban J connectivity index is 1.93. The zero-order valence-electron chi connectivity index (χ0n) is 22.0. The van der Waals surface area contributed by atoms with Gasteiger partial charge in [0.25, 0.3) is 0 Å². The molecule has 0 aliphatic heterocycles. The Labute approximate surface area is 214 Å². The van der Waals surface area contributed by atoms with Crippen molar-refractivity contribution in [3.05, 3.63) is 124 Å². The highest BCUT2D eigenvalue weighted by molar-refractivity contribution is 5.51. The van der Waals surface area contributed by atoms with Gasteiger partial charge in [0.05, 0.1) is 0 Å². The van der Waals surface area contributed by atoms with Gasteiger partial charge in [0.1, 0.15) is 17.2 Å². The molecule has 0 fully saturated rings. The van der Waals surface area contributed by atoms with Crippen molar-refractivity contribution in [3.8, 4) is 17.2 Å². The average molecular weight is 481 g/mol. The molecule has 0 aromatic heterocycles. The minimum atomic E-state index is -0.311. The highest BCUT2D eigenvalue weighted by atomic mass is 16.3. The first-order chi connectivity index (χ1) is 16.8. The Kier molecular flexibility index (Phi) is 6.38. The Hall–Kier alpha value is -3.72. The lowest BCUT2D eigenvalue weighted by Gasteiger charge is -2.35. The first kappa shape index (κ1) is 25.4. The maximum absolute atomic E-state index is 9.85. The van der Waals surface area contributed by atoms with Crippen LogP contribution in [0.25, 0.3) is 0 Å². The van der Waals surface area contributed by atoms with Crippen molar-refractivity contribution in [1.29, 1.82) is 0 Å². The van der Waals surface area contributed by atoms with E-state index >= 15 is 0 Å². The monoisotopic (exact) mass is 480 g/mol. The minimum Gasteiger partial charge on any atom is -0.508 e. The van der Waals surface area contributed by atoms with Crippen LogP contribution < -0.4 is 0 Å². The topological polar surface area (TPSA) is 60.7 Å². The smallest absolute Gasteiger partial charge is 0.115 e. The molecule has 3 nitrogen and oxygen atoms in total. The summed E-state index contributed by atoms with van der Waals surface area (Å²) in [7, 11) is 0. The molecular weight excluding hydrogens is 444 g/mol. The van der Waals surface area contributed by atoms with E-state index in [4.69, 9.17) is 0 Å². The molecule has 0 aliphatic rings. The van der Waals surface area contributed by atoms with Crippen LogP contribution in [0.1, 0.15) is 74.9 Å². The first-order valence-corrected chi connectivity index (χ1v) is 12.4. The molecular formula is C33H36O3. The second-order valence-corrected chi connectivity index (χ2v) is 11.3. The summed E-state index contributed by atoms with van der Waals surface area (Å²) in [6.45, 7) is 13.3. The lowest BCUT2D eigenvalue weighted by molar-refractivity contribution is 0.474. The zero-order chi connectivity index (χ0) is 26.3. The molecule has 3 N–H and O–H groups in total. The van der Waals surface area contributed by atoms with Crippen LogP contribution in [0.4, 0.5) is 0 Å². The van der Waals surface area contributed by atoms with Crippen molar-refractivity contribution in [2.75, 3.05) is 0 Å². The summed E-state index contributed by atoms with van der Waals surface area (Å²) >= 11 is 0. The molecule has 0 heterocycles. The van der Waals surface area contributed by atoms with E-state index in [1.54, 1.807) is 36.4 Å². The van der Waals surface area contributed by atoms with Gasteiger partial charge in [-0.05, 0) is 69.8 Å². The fraction of sp³-hybridized carbons (Fsp3) is 0.273. The highest BCUT2D eigenvalue weighted by Crippen LogP contribution is 2.42. The maximum Gasteiger partial charge on any atom is 0.115 e. The van der Waals surface area contributed by atoms with Crippen molar-refractivity contribution in [2.24, 2.45) is 0 Å². The van der Waals surface area contributed by atoms with E-state index in [1.807, 2.05) is 36.4 Å². The van der Waals surface area contributed by atoms with E-state index in [-0.39, 0.29) is 33.5 Å². The minimum absolute atomic E-state index is 0.255. The number of phenols is 3. The van der Waals surface area contributed by atoms with E-state index < -0.39 is 0 Å². The van der Waals surface area contributed by atoms with Gasteiger partial charge in [0.2, 0.25) is 0 Å². The normalized spacial score (nSPS) is 12.5. The molecule has 0 saturated heterocycles. The predicted octanol–water partition coefficient (Wildman–Crippen LogP) is 7.78. The van der Waals surface area contributed by atoms with Gasteiger partial charge in [-0.3, -0.25) is 0 Å². The third-order valence-electron chi connectivity index (χ3n) is 7.87. The summed E-state index contributed by atoms with van der Waals surface area (Å²) in [5, 5.41) is 29.6. The molecule has 36 heavy (non-hydrogen) atoms. The first-order valence-electron chi connectivity index (χ1n) is 12.4. The lowest BCUT2D eigenvalue weighted by atomic mass is 9.69. The van der Waals surface area contributed by atoms with Gasteiger partial charge in [0, 0.05) is 16.2 Å². The number of rotatable bonds is 6. The summed E-state index contributed by atoms with van der Waals surface area (Å²) in [4.78, 5) is 0. The second kappa shape index (κ2) is 9.05. The molecule has 186 valence electrons. The number of hydrogen-bond acceptors (Lipinski definition) is 3. The SMILES string of the molecule is CC(C)(c1ccc(O)cc1)c1cc(C(C)(C)c2ccc(O)cc2)cc(C(C)(C)c2ccc(O)cc2)c1. The van der Waals surface area contributed by atoms with Crippen LogP contribution in [0.15, 0.2) is 91.0 Å². The summed E-state index contributed by atoms with van der Waals surface area (Å²) in [6, 6.07) is 29.2. The third kappa shape index (κ3) is 4.70. The molecule has 0 amide bonds. The van der Waals surface area contributed by atoms with Crippen LogP contribution in [0.2, 0.25) is 0 Å². The maximum atomic E-state index is 9.85. The van der Waals surface area contributed by atoms with Gasteiger partial charge in [-0.25, -0.2) is 0 Å². The Morgan fingerprint density at radius 1 is 0.333 bits per heavy atom. The standard InChI is InChI=1S/C33H36O3/c1-31(2,22-7-13-28(34)14-8-22)25-19-26(32(3,4)23-9-15-29(35)16-10-23)21-27(20-25)33(5,6)24-11-17-30(36)18-12-24/h7-21,34-36H,1-6H3. The van der Waals surface area contributed by atoms with Crippen molar-refractivity contribution >= 4 is 0 Å². The van der Waals surface area contributed by atoms with Gasteiger partial charge in [-0.15, -0.1) is 0 Å². The van der Waals surface area contributed by atoms with Crippen molar-refractivity contribution < 1.29 is 15.3 Å². The largest absolute Gasteiger partial charge is 0.508 e. The molecule has 0 radical (unpaired) electrons. The molecule has 0 spiro atoms. The number of benzene rings is 4. The second-order valence-electron chi connectivity index (χ2n) is 11.3. The Bertz CT molecular complexity index is 1160. The Morgan fingerprint density at radius 3 is 0.722 bits per heavy atom. The molecule has 3 heteroatoms. The van der Waals surface area contributed by atoms with Crippen molar-refractivity contribution in [2.45, 2.75) is 57.8 Å². The fourth-order valence-electron chi connectivity index (χ4n) is 4.84. The zero-order valence-corrected chi connectivity index (χ0v) is 22.0. The molecule has 0 bridgehead atoms. The molecule has 0 atom stereocenters. The molecule has 4 aromatic carbocycles. The Morgan fingerprint density at radius 2 is 0.528 bits per heavy atom. The molecule has 0 aliphatic carbocycles. The van der Waals surface area contributed by atoms with Crippen LogP contribution >= 0.6 is 0 Å². The summed E-state index contributed by atoms with van der Waals surface area (Å²) < 4.78 is 0. The van der Waals surface area contributed by atoms with Gasteiger partial charge in [-0.2, -0.15) is 0 Å². The molecule has 0 saturated carbocycles. The van der Waals surface area contributed by atoms with Gasteiger partial charge in [0.15, 0.2) is 0 Å². The molecule has 4 aromatic rings.